The summed E-state index contributed by atoms with van der Waals surface area (Å²) in [5, 5.41) is 12.9. The van der Waals surface area contributed by atoms with Crippen molar-refractivity contribution >= 4 is 37.9 Å². The molecule has 0 radical (unpaired) electrons. The fraction of sp³-hybridized carbons (Fsp3) is 0.878. The Hall–Kier alpha value is -3.20. The number of nitrogens with one attached hydrogen (secondary N) is 3. The zero-order valence-electron chi connectivity index (χ0n) is 37.6. The summed E-state index contributed by atoms with van der Waals surface area (Å²) in [6.45, 7) is 23.8. The predicted molar refractivity (Wildman–Crippen MR) is 231 cm³/mol. The van der Waals surface area contributed by atoms with Crippen LogP contribution >= 0.6 is 0 Å². The summed E-state index contributed by atoms with van der Waals surface area (Å²) in [7, 11) is -0.237. The molecule has 16 heteroatoms. The highest BCUT2D eigenvalue weighted by atomic mass is 28.4. The van der Waals surface area contributed by atoms with Gasteiger partial charge in [0.25, 0.3) is 0 Å². The summed E-state index contributed by atoms with van der Waals surface area (Å²) >= 11 is 0. The first-order valence-electron chi connectivity index (χ1n) is 21.2. The lowest BCUT2D eigenvalue weighted by molar-refractivity contribution is -0.134. The third kappa shape index (κ3) is 26.4. The fourth-order valence-corrected chi connectivity index (χ4v) is 8.54. The number of nitrogens with two attached hydrogens (primary N) is 1. The summed E-state index contributed by atoms with van der Waals surface area (Å²) in [5.74, 6) is -1.65. The zero-order valence-corrected chi connectivity index (χ0v) is 38.6. The van der Waals surface area contributed by atoms with Gasteiger partial charge in [-0.3, -0.25) is 24.0 Å². The average Bonchev–Trinajstić information content (AvgIpc) is 3.09. The van der Waals surface area contributed by atoms with E-state index in [9.17, 15) is 24.0 Å². The zero-order chi connectivity index (χ0) is 43.7. The first kappa shape index (κ1) is 53.8. The minimum atomic E-state index is -1.91. The number of hydrogen-bond acceptors (Lipinski definition) is 8. The minimum absolute atomic E-state index is 0.0346. The molecule has 5 amide bonds. The van der Waals surface area contributed by atoms with E-state index >= 15 is 0 Å². The highest BCUT2D eigenvalue weighted by Gasteiger charge is 2.36. The number of carbonyl (C=O) groups excluding carboxylic acids is 5. The summed E-state index contributed by atoms with van der Waals surface area (Å²) in [6, 6.07) is 0.781. The van der Waals surface area contributed by atoms with Crippen molar-refractivity contribution in [1.29, 1.82) is 0 Å². The second-order valence-electron chi connectivity index (χ2n) is 18.4. The summed E-state index contributed by atoms with van der Waals surface area (Å²) in [4.78, 5) is 72.4. The molecule has 0 heterocycles. The van der Waals surface area contributed by atoms with Gasteiger partial charge in [-0.2, -0.15) is 0 Å². The van der Waals surface area contributed by atoms with E-state index in [1.54, 1.807) is 11.9 Å². The van der Waals surface area contributed by atoms with Gasteiger partial charge in [-0.1, -0.05) is 59.5 Å². The Bertz CT molecular complexity index is 1260. The van der Waals surface area contributed by atoms with Crippen molar-refractivity contribution in [2.75, 3.05) is 66.0 Å². The highest BCUT2D eigenvalue weighted by Crippen LogP contribution is 2.37. The van der Waals surface area contributed by atoms with Crippen molar-refractivity contribution in [3.8, 4) is 0 Å². The van der Waals surface area contributed by atoms with Crippen LogP contribution in [0.1, 0.15) is 120 Å². The van der Waals surface area contributed by atoms with E-state index in [1.807, 2.05) is 27.7 Å². The van der Waals surface area contributed by atoms with Crippen molar-refractivity contribution < 1.29 is 28.4 Å². The van der Waals surface area contributed by atoms with E-state index in [4.69, 9.17) is 15.7 Å². The molecule has 0 spiro atoms. The van der Waals surface area contributed by atoms with Crippen LogP contribution < -0.4 is 21.7 Å². The maximum Gasteiger partial charge on any atom is 0.223 e. The second kappa shape index (κ2) is 28.3. The molecule has 0 aromatic carbocycles. The minimum Gasteiger partial charge on any atom is -0.418 e. The van der Waals surface area contributed by atoms with Crippen LogP contribution in [0.25, 0.3) is 10.4 Å². The molecule has 3 unspecified atom stereocenters. The van der Waals surface area contributed by atoms with Crippen LogP contribution in [0.15, 0.2) is 5.11 Å². The summed E-state index contributed by atoms with van der Waals surface area (Å²) in [5.41, 5.74) is 13.6. The normalized spacial score (nSPS) is 13.5. The standard InChI is InChI=1S/C41H81N9O6Si/c1-12-56-57(10,11)27-23-44-36(52)30-33(29-35(41(6,7)8)39(55)45-20-16-14-13-15-19-42)28-34(31-40(3,4)5)38(54)46-22-24-50(26-25-49(9)32(2)51)37(53)18-17-21-47-48-43/h33-35H,12-31,42H2,1-11H3,(H,44,52)(H,45,55)(H,46,54). The van der Waals surface area contributed by atoms with Crippen LogP contribution in [-0.4, -0.2) is 114 Å². The van der Waals surface area contributed by atoms with Crippen LogP contribution in [0, 0.1) is 28.6 Å². The van der Waals surface area contributed by atoms with Crippen molar-refractivity contribution in [2.24, 2.45) is 39.4 Å². The van der Waals surface area contributed by atoms with Gasteiger partial charge in [0.2, 0.25) is 29.5 Å². The molecule has 0 aliphatic rings. The number of nitrogens with zero attached hydrogens (tertiary/aromatic N) is 5. The van der Waals surface area contributed by atoms with Gasteiger partial charge < -0.3 is 35.9 Å². The molecule has 330 valence electrons. The quantitative estimate of drug-likeness (QED) is 0.0223. The number of azide groups is 1. The maximum absolute atomic E-state index is 14.1. The number of rotatable bonds is 30. The molecular formula is C41H81N9O6Si. The lowest BCUT2D eigenvalue weighted by Crippen LogP contribution is -2.44. The molecule has 0 aromatic heterocycles. The molecule has 15 nitrogen and oxygen atoms in total. The fourth-order valence-electron chi connectivity index (χ4n) is 6.88. The highest BCUT2D eigenvalue weighted by molar-refractivity contribution is 6.71. The van der Waals surface area contributed by atoms with Crippen LogP contribution in [0.5, 0.6) is 0 Å². The van der Waals surface area contributed by atoms with Crippen molar-refractivity contribution in [3.63, 3.8) is 0 Å². The number of hydrogen-bond donors (Lipinski definition) is 4. The molecule has 0 fully saturated rings. The molecule has 5 N–H and O–H groups in total. The molecule has 0 aliphatic carbocycles. The van der Waals surface area contributed by atoms with E-state index in [0.717, 1.165) is 31.7 Å². The Kier molecular flexibility index (Phi) is 26.7. The molecule has 0 aromatic rings. The Morgan fingerprint density at radius 2 is 1.51 bits per heavy atom. The Morgan fingerprint density at radius 3 is 2.09 bits per heavy atom. The van der Waals surface area contributed by atoms with Crippen molar-refractivity contribution in [1.82, 2.24) is 25.8 Å². The topological polar surface area (TPSA) is 212 Å². The predicted octanol–water partition coefficient (Wildman–Crippen LogP) is 5.99. The number of carbonyl (C=O) groups is 5. The second-order valence-corrected chi connectivity index (χ2v) is 22.7. The Labute approximate surface area is 345 Å². The molecule has 0 saturated heterocycles. The van der Waals surface area contributed by atoms with Gasteiger partial charge in [0, 0.05) is 96.0 Å². The first-order chi connectivity index (χ1) is 26.6. The van der Waals surface area contributed by atoms with E-state index < -0.39 is 14.2 Å². The van der Waals surface area contributed by atoms with Crippen LogP contribution in [-0.2, 0) is 28.4 Å². The smallest absolute Gasteiger partial charge is 0.223 e. The van der Waals surface area contributed by atoms with Crippen molar-refractivity contribution in [2.45, 2.75) is 139 Å². The molecule has 3 atom stereocenters. The Morgan fingerprint density at radius 1 is 0.860 bits per heavy atom. The molecular weight excluding hydrogens is 743 g/mol. The largest absolute Gasteiger partial charge is 0.418 e. The van der Waals surface area contributed by atoms with E-state index in [-0.39, 0.29) is 84.7 Å². The van der Waals surface area contributed by atoms with Gasteiger partial charge in [0.1, 0.15) is 0 Å². The Balaban J connectivity index is 6.26. The lowest BCUT2D eigenvalue weighted by Gasteiger charge is -2.34. The summed E-state index contributed by atoms with van der Waals surface area (Å²) in [6.07, 6.45) is 6.04. The van der Waals surface area contributed by atoms with Gasteiger partial charge in [0.15, 0.2) is 8.32 Å². The van der Waals surface area contributed by atoms with Crippen LogP contribution in [0.2, 0.25) is 19.1 Å². The number of amides is 5. The molecule has 0 rings (SSSR count). The van der Waals surface area contributed by atoms with Gasteiger partial charge in [-0.15, -0.1) is 0 Å². The van der Waals surface area contributed by atoms with E-state index in [2.05, 4.69) is 59.8 Å². The third-order valence-electron chi connectivity index (χ3n) is 10.3. The van der Waals surface area contributed by atoms with E-state index in [1.165, 1.54) is 11.8 Å². The molecule has 0 saturated carbocycles. The van der Waals surface area contributed by atoms with Gasteiger partial charge in [0.05, 0.1) is 0 Å². The van der Waals surface area contributed by atoms with Crippen LogP contribution in [0.3, 0.4) is 0 Å². The molecule has 0 bridgehead atoms. The van der Waals surface area contributed by atoms with Gasteiger partial charge in [-0.05, 0) is 93.4 Å². The molecule has 57 heavy (non-hydrogen) atoms. The van der Waals surface area contributed by atoms with Crippen molar-refractivity contribution in [3.05, 3.63) is 10.4 Å². The van der Waals surface area contributed by atoms with Gasteiger partial charge >= 0.3 is 0 Å². The van der Waals surface area contributed by atoms with Gasteiger partial charge in [-0.25, -0.2) is 0 Å². The SMILES string of the molecule is CCO[Si](C)(C)CCNC(=O)CC(CC(CC(C)(C)C)C(=O)NCCN(CCN(C)C(C)=O)C(=O)CCCN=[N+]=[N-])CC(C(=O)NCCCCCCN)C(C)(C)C. The van der Waals surface area contributed by atoms with E-state index in [0.29, 0.717) is 65.0 Å². The van der Waals surface area contributed by atoms with Crippen LogP contribution in [0.4, 0.5) is 0 Å². The monoisotopic (exact) mass is 824 g/mol. The first-order valence-corrected chi connectivity index (χ1v) is 24.3. The number of likely N-dealkylation sites (N-methyl/N-ethyl adjacent to an activating group) is 1. The third-order valence-corrected chi connectivity index (χ3v) is 12.8. The average molecular weight is 824 g/mol. The maximum atomic E-state index is 14.1. The summed E-state index contributed by atoms with van der Waals surface area (Å²) < 4.78 is 5.95. The number of unbranched alkanes of at least 4 members (excludes halogenated alkanes) is 3. The molecule has 0 aliphatic heterocycles. The lowest BCUT2D eigenvalue weighted by atomic mass is 9.71.